The first-order valence-electron chi connectivity index (χ1n) is 39.4. The predicted octanol–water partition coefficient (Wildman–Crippen LogP) is 20.3. The summed E-state index contributed by atoms with van der Waals surface area (Å²) in [5, 5.41) is 8.73. The van der Waals surface area contributed by atoms with Crippen LogP contribution in [0.4, 0.5) is 0 Å². The number of nitrogens with one attached hydrogen (secondary N) is 3. The van der Waals surface area contributed by atoms with E-state index in [4.69, 9.17) is 0 Å². The zero-order chi connectivity index (χ0) is 85.3. The van der Waals surface area contributed by atoms with Crippen LogP contribution in [0, 0.1) is 58.7 Å². The molecule has 3 N–H and O–H groups in total. The van der Waals surface area contributed by atoms with Crippen LogP contribution in [0.5, 0.6) is 0 Å². The number of aryl methyl sites for hydroxylation is 3. The topological polar surface area (TPSA) is 194 Å². The zero-order valence-electron chi connectivity index (χ0n) is 74.3. The van der Waals surface area contributed by atoms with E-state index in [0.29, 0.717) is 90.8 Å². The van der Waals surface area contributed by atoms with E-state index < -0.39 is 0 Å². The van der Waals surface area contributed by atoms with Gasteiger partial charge in [-0.3, -0.25) is 43.5 Å². The minimum atomic E-state index is 0.0407. The van der Waals surface area contributed by atoms with E-state index in [1.165, 1.54) is 33.4 Å². The Balaban J connectivity index is 0.000000654. The fourth-order valence-corrected chi connectivity index (χ4v) is 10.4. The maximum absolute atomic E-state index is 12.0. The Labute approximate surface area is 678 Å². The maximum atomic E-state index is 12.0. The number of carbonyl (C=O) groups excluding carboxylic acids is 7. The Bertz CT molecular complexity index is 3700. The lowest BCUT2D eigenvalue weighted by molar-refractivity contribution is -0.133. The number of nitrogens with zero attached hydrogens (tertiary/aromatic N) is 6. The fourth-order valence-electron chi connectivity index (χ4n) is 10.4. The van der Waals surface area contributed by atoms with Crippen LogP contribution in [-0.2, 0) is 79.4 Å². The highest BCUT2D eigenvalue weighted by Gasteiger charge is 2.24. The highest BCUT2D eigenvalue weighted by atomic mass is 16.2. The van der Waals surface area contributed by atoms with Crippen molar-refractivity contribution in [3.63, 3.8) is 0 Å². The van der Waals surface area contributed by atoms with Crippen LogP contribution < -0.4 is 16.0 Å². The molecule has 0 aliphatic carbocycles. The molecule has 0 aliphatic rings. The van der Waals surface area contributed by atoms with E-state index >= 15 is 0 Å². The van der Waals surface area contributed by atoms with Gasteiger partial charge in [0.25, 0.3) is 0 Å². The Morgan fingerprint density at radius 2 is 0.518 bits per heavy atom. The van der Waals surface area contributed by atoms with Gasteiger partial charge < -0.3 is 35.6 Å². The lowest BCUT2D eigenvalue weighted by Crippen LogP contribution is -2.29. The second-order valence-corrected chi connectivity index (χ2v) is 38.1. The summed E-state index contributed by atoms with van der Waals surface area (Å²) in [4.78, 5) is 97.5. The molecule has 2 aromatic heterocycles. The molecule has 112 heavy (non-hydrogen) atoms. The summed E-state index contributed by atoms with van der Waals surface area (Å²) in [6.07, 6.45) is 11.1. The van der Waals surface area contributed by atoms with Crippen molar-refractivity contribution in [2.75, 3.05) is 28.2 Å². The minimum absolute atomic E-state index is 0.0407. The second kappa shape index (κ2) is 49.2. The summed E-state index contributed by atoms with van der Waals surface area (Å²) in [6.45, 7) is 54.2. The predicted molar refractivity (Wildman–Crippen MR) is 465 cm³/mol. The van der Waals surface area contributed by atoms with Gasteiger partial charge in [0.1, 0.15) is 0 Å². The minimum Gasteiger partial charge on any atom is -0.352 e. The number of carbonyl (C=O) groups is 7. The molecule has 16 heteroatoms. The molecule has 0 saturated carbocycles. The molecular weight excluding hydrogens is 1390 g/mol. The summed E-state index contributed by atoms with van der Waals surface area (Å²) < 4.78 is 0. The highest BCUT2D eigenvalue weighted by Crippen LogP contribution is 2.25. The molecule has 0 radical (unpaired) electrons. The van der Waals surface area contributed by atoms with Gasteiger partial charge in [-0.1, -0.05) is 308 Å². The van der Waals surface area contributed by atoms with Crippen molar-refractivity contribution >= 4 is 41.4 Å². The van der Waals surface area contributed by atoms with Crippen molar-refractivity contribution in [2.24, 2.45) is 37.9 Å². The van der Waals surface area contributed by atoms with E-state index in [1.807, 2.05) is 131 Å². The molecule has 0 aliphatic heterocycles. The van der Waals surface area contributed by atoms with Gasteiger partial charge in [-0.05, 0) is 110 Å². The first-order chi connectivity index (χ1) is 51.6. The molecule has 7 amide bonds. The quantitative estimate of drug-likeness (QED) is 0.0627. The van der Waals surface area contributed by atoms with Gasteiger partial charge in [0.05, 0.1) is 0 Å². The summed E-state index contributed by atoms with van der Waals surface area (Å²) >= 11 is 0. The van der Waals surface area contributed by atoms with Crippen molar-refractivity contribution in [3.05, 3.63) is 238 Å². The molecule has 0 unspecified atom stereocenters. The van der Waals surface area contributed by atoms with Crippen LogP contribution in [0.25, 0.3) is 0 Å². The summed E-state index contributed by atoms with van der Waals surface area (Å²) in [7, 11) is 7.44. The molecule has 0 saturated heterocycles. The summed E-state index contributed by atoms with van der Waals surface area (Å²) in [6, 6.07) is 52.5. The summed E-state index contributed by atoms with van der Waals surface area (Å²) in [5.41, 5.74) is 12.0. The molecule has 16 nitrogen and oxygen atoms in total. The Morgan fingerprint density at radius 1 is 0.268 bits per heavy atom. The van der Waals surface area contributed by atoms with Crippen molar-refractivity contribution in [1.82, 2.24) is 45.5 Å². The lowest BCUT2D eigenvalue weighted by atomic mass is 9.91. The zero-order valence-corrected chi connectivity index (χ0v) is 74.3. The average Bonchev–Trinajstić information content (AvgIpc) is 0.914. The van der Waals surface area contributed by atoms with Crippen LogP contribution in [0.1, 0.15) is 246 Å². The third-order valence-corrected chi connectivity index (χ3v) is 16.1. The normalized spacial score (nSPS) is 11.2. The van der Waals surface area contributed by atoms with Crippen molar-refractivity contribution < 1.29 is 33.6 Å². The van der Waals surface area contributed by atoms with Gasteiger partial charge in [-0.15, -0.1) is 0 Å². The molecule has 0 atom stereocenters. The third-order valence-electron chi connectivity index (χ3n) is 16.1. The smallest absolute Gasteiger partial charge is 0.223 e. The van der Waals surface area contributed by atoms with Gasteiger partial charge in [-0.2, -0.15) is 0 Å². The van der Waals surface area contributed by atoms with Gasteiger partial charge in [-0.25, -0.2) is 0 Å². The number of aromatic nitrogens is 2. The molecule has 0 fully saturated rings. The van der Waals surface area contributed by atoms with Crippen molar-refractivity contribution in [2.45, 2.75) is 257 Å². The average molecular weight is 1540 g/mol. The van der Waals surface area contributed by atoms with Gasteiger partial charge in [0.15, 0.2) is 0 Å². The number of benzene rings is 5. The monoisotopic (exact) mass is 1540 g/mol. The number of hydrogen-bond donors (Lipinski definition) is 3. The molecule has 5 aromatic carbocycles. The second-order valence-electron chi connectivity index (χ2n) is 38.1. The maximum Gasteiger partial charge on any atom is 0.223 e. The summed E-state index contributed by atoms with van der Waals surface area (Å²) in [5.74, 6) is 1.12. The van der Waals surface area contributed by atoms with Crippen LogP contribution in [0.3, 0.4) is 0 Å². The molecule has 0 bridgehead atoms. The first kappa shape index (κ1) is 101. The molecule has 0 spiro atoms. The Kier molecular flexibility index (Phi) is 44.3. The van der Waals surface area contributed by atoms with Crippen molar-refractivity contribution in [3.8, 4) is 0 Å². The largest absolute Gasteiger partial charge is 0.352 e. The Hall–Kier alpha value is -9.31. The number of pyridine rings is 2. The van der Waals surface area contributed by atoms with Crippen LogP contribution in [0.15, 0.2) is 183 Å². The number of amides is 7. The number of hydrogen-bond acceptors (Lipinski definition) is 9. The highest BCUT2D eigenvalue weighted by molar-refractivity contribution is 5.79. The first-order valence-corrected chi connectivity index (χ1v) is 39.4. The van der Waals surface area contributed by atoms with Crippen LogP contribution >= 0.6 is 0 Å². The van der Waals surface area contributed by atoms with Gasteiger partial charge >= 0.3 is 0 Å². The van der Waals surface area contributed by atoms with E-state index in [-0.39, 0.29) is 79.3 Å². The number of rotatable bonds is 21. The fraction of sp³-hybridized carbons (Fsp3) is 0.510. The van der Waals surface area contributed by atoms with Gasteiger partial charge in [0, 0.05) is 144 Å². The van der Waals surface area contributed by atoms with Crippen molar-refractivity contribution in [1.29, 1.82) is 0 Å². The van der Waals surface area contributed by atoms with E-state index in [9.17, 15) is 33.6 Å². The molecular formula is C96H145N9O7. The van der Waals surface area contributed by atoms with Crippen LogP contribution in [-0.4, -0.2) is 99.1 Å². The van der Waals surface area contributed by atoms with E-state index in [2.05, 4.69) is 247 Å². The molecule has 7 rings (SSSR count). The molecule has 2 heterocycles. The molecule has 7 aromatic rings. The SMILES string of the molecule is CC(C)(C)CC(=O)NCc1ccccc1.CC(C)(C)CC(=O)NCc1cccnc1.CN(Cc1ccccc1)C(=O)CC(C)(C)C.CN(Cc1cccnc1)C(=O)CC(C)(C)C.Cc1ccc(CN(C)C(=O)CC(C)(C)C)cc1.Cc1ccc(CNC(=O)CC(C)(C)C)cc1.Cc1cccc(CN(C)C(=O)CC(C)(C)C)c1. The van der Waals surface area contributed by atoms with E-state index in [1.54, 1.807) is 44.4 Å². The Morgan fingerprint density at radius 3 is 0.821 bits per heavy atom. The standard InChI is InChI=1S/2C15H23NO.2C14H21NO.C13H20N2O.C13H19NO.C12H18N2O/c1-12-6-8-13(9-7-12)11-16(5)14(17)10-15(2,3)4;1-12-7-6-8-13(9-12)11-16(5)14(17)10-15(2,3)4;1-11-5-7-12(8-6-11)10-15-13(16)9-14(2,3)4;1-14(2,3)10-13(16)15(4)11-12-8-6-5-7-9-12;1-13(2,3)8-12(16)15(4)10-11-6-5-7-14-9-11;1-13(2,3)9-12(15)14-10-11-7-5-4-6-8-11;1-12(2,3)7-11(15)14-9-10-5-4-6-13-8-10/h2*6-9H,10-11H2,1-5H3;5-8H,9-10H2,1-4H3,(H,15,16);5-9H,10-11H2,1-4H3;5-7,9H,8,10H2,1-4H3;4-8H,9-10H2,1-3H3,(H,14,15);4-6,8H,7,9H2,1-3H3,(H,14,15). The lowest BCUT2D eigenvalue weighted by Gasteiger charge is -2.23. The molecule has 616 valence electrons. The van der Waals surface area contributed by atoms with Gasteiger partial charge in [0.2, 0.25) is 41.4 Å². The van der Waals surface area contributed by atoms with Crippen LogP contribution in [0.2, 0.25) is 0 Å². The van der Waals surface area contributed by atoms with E-state index in [0.717, 1.165) is 22.3 Å². The third kappa shape index (κ3) is 55.2.